The van der Waals surface area contributed by atoms with Crippen molar-refractivity contribution in [3.63, 3.8) is 0 Å². The SMILES string of the molecule is O=NSC1(CCO)C2CC3CC(C2)CC1C3. The molecule has 90 valence electrons. The molecule has 0 aliphatic heterocycles. The van der Waals surface area contributed by atoms with E-state index in [-0.39, 0.29) is 11.4 Å². The number of aliphatic hydroxyl groups is 1. The monoisotopic (exact) mass is 241 g/mol. The second kappa shape index (κ2) is 3.98. The van der Waals surface area contributed by atoms with Gasteiger partial charge in [-0.25, -0.2) is 0 Å². The summed E-state index contributed by atoms with van der Waals surface area (Å²) in [6.07, 6.45) is 7.27. The van der Waals surface area contributed by atoms with Gasteiger partial charge in [-0.2, -0.15) is 0 Å². The Balaban J connectivity index is 1.89. The number of aliphatic hydroxyl groups excluding tert-OH is 1. The van der Waals surface area contributed by atoms with Crippen LogP contribution in [0.2, 0.25) is 0 Å². The van der Waals surface area contributed by atoms with E-state index < -0.39 is 0 Å². The number of rotatable bonds is 4. The number of hydrogen-bond acceptors (Lipinski definition) is 4. The van der Waals surface area contributed by atoms with Gasteiger partial charge in [-0.3, -0.25) is 0 Å². The van der Waals surface area contributed by atoms with Crippen molar-refractivity contribution in [2.45, 2.75) is 43.3 Å². The van der Waals surface area contributed by atoms with Crippen LogP contribution in [0.4, 0.5) is 0 Å². The van der Waals surface area contributed by atoms with Crippen LogP contribution in [-0.2, 0) is 0 Å². The minimum atomic E-state index is -0.01000. The van der Waals surface area contributed by atoms with Crippen molar-refractivity contribution < 1.29 is 5.11 Å². The van der Waals surface area contributed by atoms with Gasteiger partial charge in [-0.1, -0.05) is 0 Å². The van der Waals surface area contributed by atoms with Gasteiger partial charge >= 0.3 is 0 Å². The third-order valence-corrected chi connectivity index (χ3v) is 6.52. The first-order chi connectivity index (χ1) is 7.78. The molecule has 4 aliphatic rings. The highest BCUT2D eigenvalue weighted by atomic mass is 32.2. The van der Waals surface area contributed by atoms with Crippen LogP contribution in [-0.4, -0.2) is 16.5 Å². The van der Waals surface area contributed by atoms with Crippen molar-refractivity contribution in [1.82, 2.24) is 0 Å². The molecule has 3 nitrogen and oxygen atoms in total. The molecule has 0 aromatic heterocycles. The van der Waals surface area contributed by atoms with Crippen LogP contribution >= 0.6 is 11.9 Å². The molecule has 4 rings (SSSR count). The molecule has 0 saturated heterocycles. The van der Waals surface area contributed by atoms with Gasteiger partial charge in [0.1, 0.15) is 0 Å². The predicted molar refractivity (Wildman–Crippen MR) is 64.9 cm³/mol. The van der Waals surface area contributed by atoms with Gasteiger partial charge in [-0.15, -0.1) is 4.91 Å². The van der Waals surface area contributed by atoms with Gasteiger partial charge in [0, 0.05) is 27.9 Å². The lowest BCUT2D eigenvalue weighted by molar-refractivity contribution is -0.0246. The molecule has 0 spiro atoms. The highest BCUT2D eigenvalue weighted by molar-refractivity contribution is 7.99. The maximum absolute atomic E-state index is 10.7. The quantitative estimate of drug-likeness (QED) is 0.608. The summed E-state index contributed by atoms with van der Waals surface area (Å²) in [6.45, 7) is 0.199. The molecular formula is C12H19NO2S. The summed E-state index contributed by atoms with van der Waals surface area (Å²) in [5, 5.41) is 9.29. The summed E-state index contributed by atoms with van der Waals surface area (Å²) >= 11 is 1.25. The van der Waals surface area contributed by atoms with Gasteiger partial charge in [0.25, 0.3) is 0 Å². The van der Waals surface area contributed by atoms with Crippen LogP contribution in [0.15, 0.2) is 4.58 Å². The Bertz CT molecular complexity index is 267. The van der Waals surface area contributed by atoms with Crippen molar-refractivity contribution in [2.24, 2.45) is 28.3 Å². The van der Waals surface area contributed by atoms with E-state index in [1.807, 2.05) is 0 Å². The first kappa shape index (κ1) is 11.0. The fourth-order valence-electron chi connectivity index (χ4n) is 4.83. The Hall–Kier alpha value is -0.0900. The first-order valence-electron chi connectivity index (χ1n) is 6.40. The highest BCUT2D eigenvalue weighted by Gasteiger charge is 2.57. The van der Waals surface area contributed by atoms with Crippen molar-refractivity contribution >= 4 is 11.9 Å². The van der Waals surface area contributed by atoms with Crippen LogP contribution in [0, 0.1) is 28.6 Å². The molecule has 4 saturated carbocycles. The Kier molecular flexibility index (Phi) is 2.75. The number of nitrogens with zero attached hydrogens (tertiary/aromatic N) is 1. The summed E-state index contributed by atoms with van der Waals surface area (Å²) in [5.41, 5.74) is 0. The predicted octanol–water partition coefficient (Wildman–Crippen LogP) is 2.98. The lowest BCUT2D eigenvalue weighted by Crippen LogP contribution is -2.55. The molecule has 0 aromatic carbocycles. The minimum Gasteiger partial charge on any atom is -0.396 e. The Morgan fingerprint density at radius 3 is 2.12 bits per heavy atom. The molecule has 0 unspecified atom stereocenters. The van der Waals surface area contributed by atoms with Gasteiger partial charge in [0.05, 0.1) is 0 Å². The average Bonchev–Trinajstić information content (AvgIpc) is 2.25. The maximum atomic E-state index is 10.7. The highest BCUT2D eigenvalue weighted by Crippen LogP contribution is 2.63. The summed E-state index contributed by atoms with van der Waals surface area (Å²) in [4.78, 5) is 10.7. The molecular weight excluding hydrogens is 222 g/mol. The molecule has 0 aromatic rings. The molecule has 4 bridgehead atoms. The van der Waals surface area contributed by atoms with Gasteiger partial charge in [0.2, 0.25) is 0 Å². The van der Waals surface area contributed by atoms with Crippen LogP contribution < -0.4 is 0 Å². The molecule has 0 heterocycles. The largest absolute Gasteiger partial charge is 0.396 e. The van der Waals surface area contributed by atoms with Crippen LogP contribution in [0.25, 0.3) is 0 Å². The summed E-state index contributed by atoms with van der Waals surface area (Å²) in [7, 11) is 0. The first-order valence-corrected chi connectivity index (χ1v) is 7.17. The lowest BCUT2D eigenvalue weighted by Gasteiger charge is -2.59. The molecule has 0 atom stereocenters. The van der Waals surface area contributed by atoms with E-state index in [1.165, 1.54) is 44.1 Å². The van der Waals surface area contributed by atoms with Crippen LogP contribution in [0.3, 0.4) is 0 Å². The van der Waals surface area contributed by atoms with Crippen LogP contribution in [0.5, 0.6) is 0 Å². The maximum Gasteiger partial charge on any atom is 0.0490 e. The molecule has 16 heavy (non-hydrogen) atoms. The third kappa shape index (κ3) is 1.46. The minimum absolute atomic E-state index is 0.01000. The van der Waals surface area contributed by atoms with E-state index in [4.69, 9.17) is 0 Å². The molecule has 4 aliphatic carbocycles. The van der Waals surface area contributed by atoms with Crippen LogP contribution in [0.1, 0.15) is 38.5 Å². The third-order valence-electron chi connectivity index (χ3n) is 5.23. The zero-order valence-corrected chi connectivity index (χ0v) is 10.3. The normalized spacial score (nSPS) is 49.6. The van der Waals surface area contributed by atoms with E-state index >= 15 is 0 Å². The van der Waals surface area contributed by atoms with E-state index in [0.29, 0.717) is 11.8 Å². The Morgan fingerprint density at radius 2 is 1.69 bits per heavy atom. The standard InChI is InChI=1S/C12H19NO2S/c14-2-1-12(16-13-15)10-4-8-3-9(6-10)7-11(12)5-8/h8-11,14H,1-7H2. The molecule has 4 fully saturated rings. The van der Waals surface area contributed by atoms with Crippen molar-refractivity contribution in [1.29, 1.82) is 0 Å². The van der Waals surface area contributed by atoms with E-state index in [2.05, 4.69) is 4.58 Å². The second-order valence-electron chi connectivity index (χ2n) is 5.90. The van der Waals surface area contributed by atoms with Crippen molar-refractivity contribution in [3.8, 4) is 0 Å². The second-order valence-corrected chi connectivity index (χ2v) is 6.99. The van der Waals surface area contributed by atoms with E-state index in [1.54, 1.807) is 0 Å². The number of nitroso groups, excluding NO2 is 1. The molecule has 0 radical (unpaired) electrons. The zero-order valence-electron chi connectivity index (χ0n) is 9.47. The van der Waals surface area contributed by atoms with E-state index in [9.17, 15) is 10.0 Å². The fourth-order valence-corrected chi connectivity index (χ4v) is 5.83. The van der Waals surface area contributed by atoms with Crippen molar-refractivity contribution in [2.75, 3.05) is 6.61 Å². The topological polar surface area (TPSA) is 49.7 Å². The average molecular weight is 241 g/mol. The van der Waals surface area contributed by atoms with Gasteiger partial charge in [0.15, 0.2) is 0 Å². The van der Waals surface area contributed by atoms with Crippen molar-refractivity contribution in [3.05, 3.63) is 4.91 Å². The summed E-state index contributed by atoms with van der Waals surface area (Å²) < 4.78 is 3.12. The van der Waals surface area contributed by atoms with Gasteiger partial charge < -0.3 is 5.11 Å². The molecule has 4 heteroatoms. The Morgan fingerprint density at radius 1 is 1.12 bits per heavy atom. The smallest absolute Gasteiger partial charge is 0.0490 e. The van der Waals surface area contributed by atoms with E-state index in [0.717, 1.165) is 18.3 Å². The molecule has 1 N–H and O–H groups in total. The van der Waals surface area contributed by atoms with Gasteiger partial charge in [-0.05, 0) is 62.2 Å². The zero-order chi connectivity index (χ0) is 11.2. The summed E-state index contributed by atoms with van der Waals surface area (Å²) in [6, 6.07) is 0. The summed E-state index contributed by atoms with van der Waals surface area (Å²) in [5.74, 6) is 3.08. The Labute approximate surface area is 100 Å². The molecule has 0 amide bonds. The fraction of sp³-hybridized carbons (Fsp3) is 1.00. The lowest BCUT2D eigenvalue weighted by atomic mass is 9.51. The number of hydrogen-bond donors (Lipinski definition) is 1.